The molecule has 0 spiro atoms. The molecule has 2 rings (SSSR count). The molecule has 2 N–H and O–H groups in total. The van der Waals surface area contributed by atoms with Gasteiger partial charge < -0.3 is 10.5 Å². The molecule has 0 radical (unpaired) electrons. The number of anilines is 1. The molecule has 0 bridgehead atoms. The van der Waals surface area contributed by atoms with Crippen LogP contribution in [0.3, 0.4) is 0 Å². The van der Waals surface area contributed by atoms with Gasteiger partial charge in [0.05, 0.1) is 13.3 Å². The predicted octanol–water partition coefficient (Wildman–Crippen LogP) is 2.16. The minimum absolute atomic E-state index is 0.722. The summed E-state index contributed by atoms with van der Waals surface area (Å²) in [5.41, 5.74) is 8.49. The van der Waals surface area contributed by atoms with Crippen LogP contribution < -0.4 is 10.5 Å². The van der Waals surface area contributed by atoms with Gasteiger partial charge in [0, 0.05) is 29.6 Å². The molecule has 2 aromatic rings. The third-order valence-corrected chi connectivity index (χ3v) is 2.49. The minimum atomic E-state index is 0.722. The Morgan fingerprint density at radius 3 is 2.88 bits per heavy atom. The molecule has 16 heavy (non-hydrogen) atoms. The van der Waals surface area contributed by atoms with Gasteiger partial charge in [0.2, 0.25) is 0 Å². The van der Waals surface area contributed by atoms with Crippen molar-refractivity contribution in [3.8, 4) is 16.9 Å². The van der Waals surface area contributed by atoms with Crippen LogP contribution in [0.2, 0.25) is 0 Å². The lowest BCUT2D eigenvalue weighted by Crippen LogP contribution is -1.92. The highest BCUT2D eigenvalue weighted by Gasteiger charge is 2.08. The van der Waals surface area contributed by atoms with Crippen molar-refractivity contribution < 1.29 is 4.74 Å². The van der Waals surface area contributed by atoms with Crippen LogP contribution in [0.4, 0.5) is 5.69 Å². The summed E-state index contributed by atoms with van der Waals surface area (Å²) >= 11 is 0. The molecule has 84 valence electrons. The van der Waals surface area contributed by atoms with Gasteiger partial charge in [-0.2, -0.15) is 5.10 Å². The largest absolute Gasteiger partial charge is 0.496 e. The third-order valence-electron chi connectivity index (χ3n) is 2.49. The molecular formula is C12H15N3O. The molecule has 0 fully saturated rings. The fourth-order valence-electron chi connectivity index (χ4n) is 1.63. The van der Waals surface area contributed by atoms with Crippen molar-refractivity contribution in [3.05, 3.63) is 30.6 Å². The standard InChI is InChI=1S/C12H15N3O/c1-3-15-8-9(7-14-15)11-6-10(13)4-5-12(11)16-2/h4-8H,3,13H2,1-2H3. The average molecular weight is 217 g/mol. The van der Waals surface area contributed by atoms with E-state index < -0.39 is 0 Å². The summed E-state index contributed by atoms with van der Waals surface area (Å²) in [6, 6.07) is 5.59. The zero-order valence-electron chi connectivity index (χ0n) is 9.47. The van der Waals surface area contributed by atoms with Crippen molar-refractivity contribution in [2.75, 3.05) is 12.8 Å². The van der Waals surface area contributed by atoms with E-state index in [0.717, 1.165) is 29.1 Å². The number of nitrogen functional groups attached to an aromatic ring is 1. The molecule has 0 unspecified atom stereocenters. The van der Waals surface area contributed by atoms with Crippen LogP contribution in [0.5, 0.6) is 5.75 Å². The second kappa shape index (κ2) is 4.26. The quantitative estimate of drug-likeness (QED) is 0.801. The van der Waals surface area contributed by atoms with Crippen LogP contribution in [-0.4, -0.2) is 16.9 Å². The highest BCUT2D eigenvalue weighted by atomic mass is 16.5. The summed E-state index contributed by atoms with van der Waals surface area (Å²) in [6.45, 7) is 2.90. The van der Waals surface area contributed by atoms with E-state index in [9.17, 15) is 0 Å². The van der Waals surface area contributed by atoms with Gasteiger partial charge in [-0.1, -0.05) is 0 Å². The number of aryl methyl sites for hydroxylation is 1. The van der Waals surface area contributed by atoms with E-state index >= 15 is 0 Å². The Balaban J connectivity index is 2.49. The molecule has 0 saturated heterocycles. The zero-order chi connectivity index (χ0) is 11.5. The number of ether oxygens (including phenoxy) is 1. The maximum Gasteiger partial charge on any atom is 0.126 e. The van der Waals surface area contributed by atoms with Gasteiger partial charge >= 0.3 is 0 Å². The summed E-state index contributed by atoms with van der Waals surface area (Å²) in [4.78, 5) is 0. The molecule has 0 aliphatic carbocycles. The van der Waals surface area contributed by atoms with Crippen LogP contribution >= 0.6 is 0 Å². The first-order chi connectivity index (χ1) is 7.74. The molecule has 0 atom stereocenters. The lowest BCUT2D eigenvalue weighted by atomic mass is 10.1. The second-order valence-corrected chi connectivity index (χ2v) is 3.54. The normalized spacial score (nSPS) is 10.4. The number of benzene rings is 1. The van der Waals surface area contributed by atoms with E-state index in [2.05, 4.69) is 5.10 Å². The monoisotopic (exact) mass is 217 g/mol. The van der Waals surface area contributed by atoms with Crippen molar-refractivity contribution in [1.82, 2.24) is 9.78 Å². The van der Waals surface area contributed by atoms with Gasteiger partial charge in [-0.15, -0.1) is 0 Å². The van der Waals surface area contributed by atoms with Crippen LogP contribution in [0.15, 0.2) is 30.6 Å². The van der Waals surface area contributed by atoms with E-state index in [1.165, 1.54) is 0 Å². The van der Waals surface area contributed by atoms with E-state index in [0.29, 0.717) is 0 Å². The first-order valence-corrected chi connectivity index (χ1v) is 5.21. The Hall–Kier alpha value is -1.97. The van der Waals surface area contributed by atoms with E-state index in [1.54, 1.807) is 7.11 Å². The fourth-order valence-corrected chi connectivity index (χ4v) is 1.63. The van der Waals surface area contributed by atoms with Crippen molar-refractivity contribution in [1.29, 1.82) is 0 Å². The second-order valence-electron chi connectivity index (χ2n) is 3.54. The van der Waals surface area contributed by atoms with Crippen molar-refractivity contribution >= 4 is 5.69 Å². The third kappa shape index (κ3) is 1.86. The van der Waals surface area contributed by atoms with Crippen LogP contribution in [0.1, 0.15) is 6.92 Å². The van der Waals surface area contributed by atoms with Crippen molar-refractivity contribution in [2.24, 2.45) is 0 Å². The summed E-state index contributed by atoms with van der Waals surface area (Å²) in [7, 11) is 1.65. The van der Waals surface area contributed by atoms with Gasteiger partial charge in [0.25, 0.3) is 0 Å². The summed E-state index contributed by atoms with van der Waals surface area (Å²) in [6.07, 6.45) is 3.80. The minimum Gasteiger partial charge on any atom is -0.496 e. The molecule has 0 aliphatic rings. The Kier molecular flexibility index (Phi) is 2.81. The number of hydrogen-bond donors (Lipinski definition) is 1. The zero-order valence-corrected chi connectivity index (χ0v) is 9.47. The summed E-state index contributed by atoms with van der Waals surface area (Å²) < 4.78 is 7.18. The van der Waals surface area contributed by atoms with Gasteiger partial charge in [-0.25, -0.2) is 0 Å². The molecule has 1 aromatic carbocycles. The molecular weight excluding hydrogens is 202 g/mol. The first kappa shape index (κ1) is 10.5. The van der Waals surface area contributed by atoms with Crippen LogP contribution in [-0.2, 0) is 6.54 Å². The Morgan fingerprint density at radius 1 is 1.44 bits per heavy atom. The number of nitrogens with zero attached hydrogens (tertiary/aromatic N) is 2. The van der Waals surface area contributed by atoms with Gasteiger partial charge in [0.1, 0.15) is 5.75 Å². The molecule has 1 aromatic heterocycles. The van der Waals surface area contributed by atoms with E-state index in [4.69, 9.17) is 10.5 Å². The Bertz CT molecular complexity index is 491. The molecule has 4 nitrogen and oxygen atoms in total. The molecule has 0 amide bonds. The highest BCUT2D eigenvalue weighted by molar-refractivity contribution is 5.72. The van der Waals surface area contributed by atoms with E-state index in [-0.39, 0.29) is 0 Å². The Labute approximate surface area is 94.6 Å². The highest BCUT2D eigenvalue weighted by Crippen LogP contribution is 2.31. The van der Waals surface area contributed by atoms with Crippen LogP contribution in [0, 0.1) is 0 Å². The average Bonchev–Trinajstić information content (AvgIpc) is 2.77. The number of methoxy groups -OCH3 is 1. The number of hydrogen-bond acceptors (Lipinski definition) is 3. The number of rotatable bonds is 3. The molecule has 0 aliphatic heterocycles. The lowest BCUT2D eigenvalue weighted by Gasteiger charge is -2.07. The van der Waals surface area contributed by atoms with Crippen LogP contribution in [0.25, 0.3) is 11.1 Å². The molecule has 1 heterocycles. The van der Waals surface area contributed by atoms with Crippen molar-refractivity contribution in [2.45, 2.75) is 13.5 Å². The lowest BCUT2D eigenvalue weighted by molar-refractivity contribution is 0.416. The summed E-state index contributed by atoms with van der Waals surface area (Å²) in [5, 5.41) is 4.24. The number of aromatic nitrogens is 2. The van der Waals surface area contributed by atoms with Gasteiger partial charge in [-0.05, 0) is 25.1 Å². The smallest absolute Gasteiger partial charge is 0.126 e. The topological polar surface area (TPSA) is 53.1 Å². The summed E-state index contributed by atoms with van der Waals surface area (Å²) in [5.74, 6) is 0.810. The van der Waals surface area contributed by atoms with Gasteiger partial charge in [-0.3, -0.25) is 4.68 Å². The Morgan fingerprint density at radius 2 is 2.25 bits per heavy atom. The SMILES string of the molecule is CCn1cc(-c2cc(N)ccc2OC)cn1. The van der Waals surface area contributed by atoms with E-state index in [1.807, 2.05) is 42.2 Å². The maximum absolute atomic E-state index is 5.78. The predicted molar refractivity (Wildman–Crippen MR) is 64.3 cm³/mol. The van der Waals surface area contributed by atoms with Gasteiger partial charge in [0.15, 0.2) is 0 Å². The first-order valence-electron chi connectivity index (χ1n) is 5.21. The maximum atomic E-state index is 5.78. The molecule has 4 heteroatoms. The van der Waals surface area contributed by atoms with Crippen molar-refractivity contribution in [3.63, 3.8) is 0 Å². The number of nitrogens with two attached hydrogens (primary N) is 1. The fraction of sp³-hybridized carbons (Fsp3) is 0.250. The molecule has 0 saturated carbocycles.